The molecule has 0 saturated carbocycles. The van der Waals surface area contributed by atoms with Gasteiger partial charge in [-0.25, -0.2) is 9.50 Å². The van der Waals surface area contributed by atoms with E-state index in [2.05, 4.69) is 59.5 Å². The van der Waals surface area contributed by atoms with E-state index in [1.54, 1.807) is 17.7 Å². The van der Waals surface area contributed by atoms with Crippen LogP contribution in [0.2, 0.25) is 0 Å². The zero-order valence-electron chi connectivity index (χ0n) is 12.2. The maximum atomic E-state index is 4.29. The Morgan fingerprint density at radius 2 is 2.19 bits per heavy atom. The van der Waals surface area contributed by atoms with Gasteiger partial charge in [-0.1, -0.05) is 13.8 Å². The van der Waals surface area contributed by atoms with Crippen LogP contribution in [0.5, 0.6) is 0 Å². The number of thiophene rings is 1. The van der Waals surface area contributed by atoms with Gasteiger partial charge in [-0.3, -0.25) is 0 Å². The van der Waals surface area contributed by atoms with Crippen molar-refractivity contribution in [2.45, 2.75) is 26.7 Å². The molecule has 4 heterocycles. The second-order valence-electron chi connectivity index (χ2n) is 5.67. The van der Waals surface area contributed by atoms with Crippen molar-refractivity contribution in [2.24, 2.45) is 0 Å². The van der Waals surface area contributed by atoms with Gasteiger partial charge in [0.15, 0.2) is 5.65 Å². The van der Waals surface area contributed by atoms with Crippen LogP contribution in [0.1, 0.15) is 30.9 Å². The molecule has 0 saturated heterocycles. The van der Waals surface area contributed by atoms with E-state index in [1.165, 1.54) is 21.5 Å². The summed E-state index contributed by atoms with van der Waals surface area (Å²) in [6.07, 6.45) is 3.65. The van der Waals surface area contributed by atoms with Gasteiger partial charge in [0.25, 0.3) is 0 Å². The molecule has 0 fully saturated rings. The minimum absolute atomic E-state index is 0.468. The number of nitrogens with one attached hydrogen (secondary N) is 1. The van der Waals surface area contributed by atoms with E-state index in [0.717, 1.165) is 16.8 Å². The van der Waals surface area contributed by atoms with Crippen molar-refractivity contribution in [1.82, 2.24) is 19.6 Å². The molecule has 106 valence electrons. The van der Waals surface area contributed by atoms with Crippen LogP contribution in [-0.2, 0) is 0 Å². The van der Waals surface area contributed by atoms with Crippen LogP contribution < -0.4 is 0 Å². The van der Waals surface area contributed by atoms with Gasteiger partial charge in [-0.15, -0.1) is 11.3 Å². The molecule has 0 aliphatic rings. The first kappa shape index (κ1) is 12.6. The van der Waals surface area contributed by atoms with E-state index in [0.29, 0.717) is 5.92 Å². The lowest BCUT2D eigenvalue weighted by molar-refractivity contribution is 0.877. The van der Waals surface area contributed by atoms with Crippen LogP contribution in [0.25, 0.3) is 27.1 Å². The maximum Gasteiger partial charge on any atom is 0.158 e. The number of hydrogen-bond acceptors (Lipinski definition) is 3. The fourth-order valence-electron chi connectivity index (χ4n) is 2.99. The molecule has 0 bridgehead atoms. The number of rotatable bonds is 2. The molecule has 0 aliphatic heterocycles. The van der Waals surface area contributed by atoms with Gasteiger partial charge in [0, 0.05) is 17.1 Å². The second-order valence-corrected chi connectivity index (χ2v) is 6.59. The number of fused-ring (bicyclic) bond motifs is 2. The summed E-state index contributed by atoms with van der Waals surface area (Å²) in [5.74, 6) is 0.468. The molecule has 0 unspecified atom stereocenters. The van der Waals surface area contributed by atoms with Gasteiger partial charge >= 0.3 is 0 Å². The molecule has 4 aromatic rings. The molecule has 4 nitrogen and oxygen atoms in total. The summed E-state index contributed by atoms with van der Waals surface area (Å²) >= 11 is 1.75. The minimum atomic E-state index is 0.468. The molecule has 21 heavy (non-hydrogen) atoms. The second kappa shape index (κ2) is 4.43. The molecule has 0 atom stereocenters. The third-order valence-electron chi connectivity index (χ3n) is 3.89. The van der Waals surface area contributed by atoms with Crippen molar-refractivity contribution in [2.75, 3.05) is 0 Å². The highest BCUT2D eigenvalue weighted by atomic mass is 32.1. The van der Waals surface area contributed by atoms with Gasteiger partial charge in [-0.05, 0) is 41.5 Å². The van der Waals surface area contributed by atoms with Gasteiger partial charge in [0.05, 0.1) is 5.69 Å². The highest BCUT2D eigenvalue weighted by Gasteiger charge is 2.17. The van der Waals surface area contributed by atoms with E-state index in [-0.39, 0.29) is 0 Å². The van der Waals surface area contributed by atoms with Crippen molar-refractivity contribution in [1.29, 1.82) is 0 Å². The van der Waals surface area contributed by atoms with E-state index in [1.807, 2.05) is 4.52 Å². The van der Waals surface area contributed by atoms with Crippen molar-refractivity contribution >= 4 is 27.2 Å². The number of aromatic nitrogens is 4. The average Bonchev–Trinajstić information content (AvgIpc) is 3.12. The molecule has 4 aromatic heterocycles. The summed E-state index contributed by atoms with van der Waals surface area (Å²) in [7, 11) is 0. The lowest BCUT2D eigenvalue weighted by Crippen LogP contribution is -1.95. The summed E-state index contributed by atoms with van der Waals surface area (Å²) in [6, 6.07) is 4.39. The first-order valence-electron chi connectivity index (χ1n) is 7.04. The monoisotopic (exact) mass is 296 g/mol. The average molecular weight is 296 g/mol. The molecule has 5 heteroatoms. The highest BCUT2D eigenvalue weighted by Crippen LogP contribution is 2.37. The fraction of sp³-hybridized carbons (Fsp3) is 0.250. The molecular formula is C16H16N4S. The van der Waals surface area contributed by atoms with Crippen LogP contribution in [-0.4, -0.2) is 19.6 Å². The Hall–Kier alpha value is -2.14. The van der Waals surface area contributed by atoms with E-state index >= 15 is 0 Å². The van der Waals surface area contributed by atoms with Gasteiger partial charge in [-0.2, -0.15) is 5.10 Å². The zero-order valence-corrected chi connectivity index (χ0v) is 13.0. The normalized spacial score (nSPS) is 12.0. The third kappa shape index (κ3) is 1.81. The van der Waals surface area contributed by atoms with Gasteiger partial charge in [0.1, 0.15) is 11.2 Å². The third-order valence-corrected chi connectivity index (χ3v) is 4.72. The number of H-pyrrole nitrogens is 1. The van der Waals surface area contributed by atoms with Crippen LogP contribution >= 0.6 is 11.3 Å². The Labute approximate surface area is 126 Å². The molecule has 0 radical (unpaired) electrons. The predicted octanol–water partition coefficient (Wildman–Crippen LogP) is 4.37. The summed E-state index contributed by atoms with van der Waals surface area (Å²) in [5.41, 5.74) is 5.80. The quantitative estimate of drug-likeness (QED) is 0.597. The van der Waals surface area contributed by atoms with E-state index < -0.39 is 0 Å². The Kier molecular flexibility index (Phi) is 2.65. The molecule has 0 spiro atoms. The van der Waals surface area contributed by atoms with Crippen LogP contribution in [0.4, 0.5) is 0 Å². The number of hydrogen-bond donors (Lipinski definition) is 1. The van der Waals surface area contributed by atoms with Crippen LogP contribution in [0.15, 0.2) is 30.0 Å². The smallest absolute Gasteiger partial charge is 0.158 e. The molecule has 4 rings (SSSR count). The minimum Gasteiger partial charge on any atom is -0.346 e. The zero-order chi connectivity index (χ0) is 14.6. The number of aryl methyl sites for hydroxylation is 1. The summed E-state index contributed by atoms with van der Waals surface area (Å²) in [4.78, 5) is 9.11. The number of nitrogens with zero attached hydrogens (tertiary/aromatic N) is 3. The fourth-order valence-corrected chi connectivity index (χ4v) is 3.80. The summed E-state index contributed by atoms with van der Waals surface area (Å²) in [5, 5.41) is 7.75. The largest absolute Gasteiger partial charge is 0.346 e. The standard InChI is InChI=1S/C16H16N4S/c1-9(2)13-12-4-5-21-16(12)19-14(13)11-6-10(3)15-17-8-18-20(15)7-11/h4-9,19H,1-3H3. The van der Waals surface area contributed by atoms with Gasteiger partial charge < -0.3 is 4.98 Å². The lowest BCUT2D eigenvalue weighted by Gasteiger charge is -2.09. The topological polar surface area (TPSA) is 46.0 Å². The molecule has 0 aromatic carbocycles. The van der Waals surface area contributed by atoms with Crippen molar-refractivity contribution in [3.05, 3.63) is 41.2 Å². The summed E-state index contributed by atoms with van der Waals surface area (Å²) in [6.45, 7) is 6.56. The SMILES string of the molecule is Cc1cc(-c2[nH]c3sccc3c2C(C)C)cn2ncnc12. The molecule has 0 amide bonds. The maximum absolute atomic E-state index is 4.29. The first-order chi connectivity index (χ1) is 10.1. The Morgan fingerprint density at radius 3 is 3.00 bits per heavy atom. The first-order valence-corrected chi connectivity index (χ1v) is 7.92. The van der Waals surface area contributed by atoms with Crippen molar-refractivity contribution in [3.63, 3.8) is 0 Å². The highest BCUT2D eigenvalue weighted by molar-refractivity contribution is 7.16. The Balaban J connectivity index is 2.03. The van der Waals surface area contributed by atoms with Crippen molar-refractivity contribution in [3.8, 4) is 11.3 Å². The Morgan fingerprint density at radius 1 is 1.33 bits per heavy atom. The Bertz CT molecular complexity index is 942. The number of pyridine rings is 1. The van der Waals surface area contributed by atoms with Gasteiger partial charge in [0.2, 0.25) is 0 Å². The summed E-state index contributed by atoms with van der Waals surface area (Å²) < 4.78 is 1.85. The van der Waals surface area contributed by atoms with E-state index in [9.17, 15) is 0 Å². The van der Waals surface area contributed by atoms with E-state index in [4.69, 9.17) is 0 Å². The van der Waals surface area contributed by atoms with Crippen LogP contribution in [0.3, 0.4) is 0 Å². The predicted molar refractivity (Wildman–Crippen MR) is 87.0 cm³/mol. The molecule has 0 aliphatic carbocycles. The lowest BCUT2D eigenvalue weighted by atomic mass is 9.97. The van der Waals surface area contributed by atoms with Crippen LogP contribution in [0, 0.1) is 6.92 Å². The molecule has 1 N–H and O–H groups in total. The van der Waals surface area contributed by atoms with Crippen molar-refractivity contribution < 1.29 is 0 Å². The molecular weight excluding hydrogens is 280 g/mol. The number of aromatic amines is 1.